The Kier molecular flexibility index (Phi) is 4.98. The second kappa shape index (κ2) is 6.50. The van der Waals surface area contributed by atoms with E-state index in [1.807, 2.05) is 11.3 Å². The van der Waals surface area contributed by atoms with Gasteiger partial charge in [-0.3, -0.25) is 4.90 Å². The minimum atomic E-state index is 0.339. The molecule has 96 valence electrons. The summed E-state index contributed by atoms with van der Waals surface area (Å²) in [5.74, 6) is 0. The van der Waals surface area contributed by atoms with E-state index in [0.29, 0.717) is 12.1 Å². The van der Waals surface area contributed by atoms with Crippen molar-refractivity contribution in [2.45, 2.75) is 26.0 Å². The van der Waals surface area contributed by atoms with Crippen LogP contribution in [-0.4, -0.2) is 43.8 Å². The number of thiophene rings is 1. The van der Waals surface area contributed by atoms with Gasteiger partial charge >= 0.3 is 0 Å². The summed E-state index contributed by atoms with van der Waals surface area (Å²) in [6.45, 7) is 9.49. The summed E-state index contributed by atoms with van der Waals surface area (Å²) in [7, 11) is 0. The van der Waals surface area contributed by atoms with Gasteiger partial charge in [0.2, 0.25) is 0 Å². The fourth-order valence-electron chi connectivity index (χ4n) is 2.14. The van der Waals surface area contributed by atoms with E-state index in [-0.39, 0.29) is 0 Å². The second-order valence-corrected chi connectivity index (χ2v) is 5.51. The Morgan fingerprint density at radius 1 is 1.65 bits per heavy atom. The first-order valence-electron chi connectivity index (χ1n) is 6.40. The van der Waals surface area contributed by atoms with E-state index < -0.39 is 0 Å². The van der Waals surface area contributed by atoms with Crippen molar-refractivity contribution in [3.05, 3.63) is 22.4 Å². The molecule has 3 nitrogen and oxygen atoms in total. The average Bonchev–Trinajstić information content (AvgIpc) is 2.90. The molecule has 1 saturated heterocycles. The zero-order valence-corrected chi connectivity index (χ0v) is 11.5. The summed E-state index contributed by atoms with van der Waals surface area (Å²) < 4.78 is 5.78. The first-order valence-corrected chi connectivity index (χ1v) is 7.28. The van der Waals surface area contributed by atoms with Crippen molar-refractivity contribution in [3.8, 4) is 0 Å². The molecule has 1 aromatic heterocycles. The number of nitrogens with zero attached hydrogens (tertiary/aromatic N) is 1. The predicted molar refractivity (Wildman–Crippen MR) is 72.6 cm³/mol. The van der Waals surface area contributed by atoms with E-state index in [0.717, 1.165) is 32.8 Å². The molecule has 1 aromatic rings. The minimum Gasteiger partial charge on any atom is -0.374 e. The van der Waals surface area contributed by atoms with Gasteiger partial charge in [0.25, 0.3) is 0 Å². The molecule has 1 fully saturated rings. The standard InChI is InChI=1S/C13H22N2OS/c1-3-15-6-7-16-12(10-15)9-14-11(2)13-5-4-8-17-13/h4-5,8,11-12,14H,3,6-7,9-10H2,1-2H3/t11-,12?/m0/s1. The van der Waals surface area contributed by atoms with Gasteiger partial charge in [-0.2, -0.15) is 0 Å². The molecule has 2 heterocycles. The molecule has 4 heteroatoms. The van der Waals surface area contributed by atoms with Gasteiger partial charge in [-0.05, 0) is 24.9 Å². The largest absolute Gasteiger partial charge is 0.374 e. The normalized spacial score (nSPS) is 23.8. The third kappa shape index (κ3) is 3.78. The molecule has 2 atom stereocenters. The van der Waals surface area contributed by atoms with Gasteiger partial charge in [0, 0.05) is 30.6 Å². The molecule has 0 aliphatic carbocycles. The quantitative estimate of drug-likeness (QED) is 0.871. The van der Waals surface area contributed by atoms with Crippen LogP contribution in [0.4, 0.5) is 0 Å². The highest BCUT2D eigenvalue weighted by Gasteiger charge is 2.19. The number of hydrogen-bond acceptors (Lipinski definition) is 4. The van der Waals surface area contributed by atoms with Crippen LogP contribution >= 0.6 is 11.3 Å². The molecular formula is C13H22N2OS. The number of hydrogen-bond donors (Lipinski definition) is 1. The molecule has 2 rings (SSSR count). The molecule has 17 heavy (non-hydrogen) atoms. The lowest BCUT2D eigenvalue weighted by Gasteiger charge is -2.32. The van der Waals surface area contributed by atoms with Crippen molar-refractivity contribution in [2.75, 3.05) is 32.8 Å². The summed E-state index contributed by atoms with van der Waals surface area (Å²) in [5, 5.41) is 5.69. The van der Waals surface area contributed by atoms with Crippen molar-refractivity contribution in [2.24, 2.45) is 0 Å². The number of nitrogens with one attached hydrogen (secondary N) is 1. The minimum absolute atomic E-state index is 0.339. The number of morpholine rings is 1. The summed E-state index contributed by atoms with van der Waals surface area (Å²) in [6, 6.07) is 4.71. The molecule has 0 amide bonds. The van der Waals surface area contributed by atoms with Crippen LogP contribution in [0.25, 0.3) is 0 Å². The van der Waals surface area contributed by atoms with Crippen LogP contribution in [0.15, 0.2) is 17.5 Å². The van der Waals surface area contributed by atoms with Crippen molar-refractivity contribution < 1.29 is 4.74 Å². The highest BCUT2D eigenvalue weighted by atomic mass is 32.1. The van der Waals surface area contributed by atoms with Crippen LogP contribution in [0.5, 0.6) is 0 Å². The fourth-order valence-corrected chi connectivity index (χ4v) is 2.90. The topological polar surface area (TPSA) is 24.5 Å². The molecule has 1 aliphatic heterocycles. The Morgan fingerprint density at radius 3 is 3.24 bits per heavy atom. The Morgan fingerprint density at radius 2 is 2.53 bits per heavy atom. The Hall–Kier alpha value is -0.420. The van der Waals surface area contributed by atoms with Crippen LogP contribution in [0.2, 0.25) is 0 Å². The first-order chi connectivity index (χ1) is 8.29. The molecule has 0 spiro atoms. The molecule has 1 N–H and O–H groups in total. The summed E-state index contributed by atoms with van der Waals surface area (Å²) in [5.41, 5.74) is 0. The van der Waals surface area contributed by atoms with Gasteiger partial charge in [0.1, 0.15) is 0 Å². The maximum absolute atomic E-state index is 5.78. The Labute approximate surface area is 108 Å². The van der Waals surface area contributed by atoms with Crippen molar-refractivity contribution in [1.29, 1.82) is 0 Å². The molecule has 1 aliphatic rings. The fraction of sp³-hybridized carbons (Fsp3) is 0.692. The summed E-state index contributed by atoms with van der Waals surface area (Å²) in [6.07, 6.45) is 0.339. The maximum Gasteiger partial charge on any atom is 0.0826 e. The van der Waals surface area contributed by atoms with Gasteiger partial charge in [-0.25, -0.2) is 0 Å². The molecule has 0 radical (unpaired) electrons. The monoisotopic (exact) mass is 254 g/mol. The number of likely N-dealkylation sites (N-methyl/N-ethyl adjacent to an activating group) is 1. The first kappa shape index (κ1) is 13.0. The van der Waals surface area contributed by atoms with Gasteiger partial charge in [0.05, 0.1) is 12.7 Å². The van der Waals surface area contributed by atoms with E-state index in [2.05, 4.69) is 41.6 Å². The van der Waals surface area contributed by atoms with Crippen LogP contribution in [-0.2, 0) is 4.74 Å². The van der Waals surface area contributed by atoms with E-state index >= 15 is 0 Å². The molecule has 0 saturated carbocycles. The van der Waals surface area contributed by atoms with Gasteiger partial charge < -0.3 is 10.1 Å². The Bertz CT molecular complexity index is 315. The highest BCUT2D eigenvalue weighted by molar-refractivity contribution is 7.10. The lowest BCUT2D eigenvalue weighted by atomic mass is 10.2. The van der Waals surface area contributed by atoms with Crippen LogP contribution in [0.3, 0.4) is 0 Å². The zero-order chi connectivity index (χ0) is 12.1. The predicted octanol–water partition coefficient (Wildman–Crippen LogP) is 2.12. The zero-order valence-electron chi connectivity index (χ0n) is 10.7. The lowest BCUT2D eigenvalue weighted by molar-refractivity contribution is -0.0261. The van der Waals surface area contributed by atoms with E-state index in [4.69, 9.17) is 4.74 Å². The third-order valence-corrected chi connectivity index (χ3v) is 4.35. The van der Waals surface area contributed by atoms with Gasteiger partial charge in [0.15, 0.2) is 0 Å². The van der Waals surface area contributed by atoms with Crippen LogP contribution in [0, 0.1) is 0 Å². The maximum atomic E-state index is 5.78. The molecule has 1 unspecified atom stereocenters. The Balaban J connectivity index is 1.74. The van der Waals surface area contributed by atoms with E-state index in [1.54, 1.807) is 0 Å². The van der Waals surface area contributed by atoms with Crippen LogP contribution in [0.1, 0.15) is 24.8 Å². The molecule has 0 bridgehead atoms. The smallest absolute Gasteiger partial charge is 0.0826 e. The van der Waals surface area contributed by atoms with E-state index in [1.165, 1.54) is 4.88 Å². The van der Waals surface area contributed by atoms with Crippen molar-refractivity contribution in [1.82, 2.24) is 10.2 Å². The summed E-state index contributed by atoms with van der Waals surface area (Å²) in [4.78, 5) is 3.85. The lowest BCUT2D eigenvalue weighted by Crippen LogP contribution is -2.46. The SMILES string of the molecule is CCN1CCOC(CN[C@@H](C)c2cccs2)C1. The second-order valence-electron chi connectivity index (χ2n) is 4.53. The van der Waals surface area contributed by atoms with E-state index in [9.17, 15) is 0 Å². The number of ether oxygens (including phenoxy) is 1. The molecular weight excluding hydrogens is 232 g/mol. The number of rotatable bonds is 5. The van der Waals surface area contributed by atoms with Gasteiger partial charge in [-0.15, -0.1) is 11.3 Å². The third-order valence-electron chi connectivity index (χ3n) is 3.29. The average molecular weight is 254 g/mol. The van der Waals surface area contributed by atoms with Crippen molar-refractivity contribution >= 4 is 11.3 Å². The summed E-state index contributed by atoms with van der Waals surface area (Å²) >= 11 is 1.81. The highest BCUT2D eigenvalue weighted by Crippen LogP contribution is 2.18. The molecule has 0 aromatic carbocycles. The van der Waals surface area contributed by atoms with Crippen LogP contribution < -0.4 is 5.32 Å². The van der Waals surface area contributed by atoms with Crippen molar-refractivity contribution in [3.63, 3.8) is 0 Å². The van der Waals surface area contributed by atoms with Gasteiger partial charge in [-0.1, -0.05) is 13.0 Å².